The molecule has 14 nitrogen and oxygen atoms in total. The van der Waals surface area contributed by atoms with Gasteiger partial charge in [-0.25, -0.2) is 9.97 Å². The number of hydrogen-bond donors (Lipinski definition) is 4. The fourth-order valence-electron chi connectivity index (χ4n) is 6.25. The maximum atomic E-state index is 13.9. The first-order valence-electron chi connectivity index (χ1n) is 14.8. The van der Waals surface area contributed by atoms with Crippen molar-refractivity contribution < 1.29 is 66.3 Å². The fraction of sp³-hybridized carbons (Fsp3) is 0.294. The summed E-state index contributed by atoms with van der Waals surface area (Å²) in [7, 11) is 0. The number of aromatic amines is 2. The van der Waals surface area contributed by atoms with Crippen LogP contribution < -0.4 is 10.2 Å². The van der Waals surface area contributed by atoms with E-state index in [-0.39, 0.29) is 52.7 Å². The summed E-state index contributed by atoms with van der Waals surface area (Å²) in [6, 6.07) is 5.71. The Kier molecular flexibility index (Phi) is 9.85. The number of fused-ring (bicyclic) bond motifs is 8. The Bertz CT molecular complexity index is 2160. The molecule has 3 aromatic rings. The monoisotopic (exact) mass is 710 g/mol. The number of carboxylic acid groups (broad SMARTS) is 4. The van der Waals surface area contributed by atoms with Gasteiger partial charge in [-0.3, -0.25) is 19.2 Å². The quantitative estimate of drug-likeness (QED) is 0.183. The first-order chi connectivity index (χ1) is 22.4. The van der Waals surface area contributed by atoms with Crippen LogP contribution in [0.1, 0.15) is 87.7 Å². The van der Waals surface area contributed by atoms with Crippen LogP contribution in [0.25, 0.3) is 28.1 Å². The number of carboxylic acids is 4. The van der Waals surface area contributed by atoms with Crippen LogP contribution in [-0.2, 0) is 53.5 Å². The molecule has 0 amide bonds. The minimum Gasteiger partial charge on any atom is -0.550 e. The number of ketones is 2. The van der Waals surface area contributed by atoms with Crippen LogP contribution in [0.3, 0.4) is 0 Å². The average Bonchev–Trinajstić information content (AvgIpc) is 3.58. The zero-order chi connectivity index (χ0) is 35.3. The number of hydrogen-bond acceptors (Lipinski definition) is 10. The number of carbonyl (C=O) groups is 6. The maximum absolute atomic E-state index is 13.9. The Morgan fingerprint density at radius 1 is 0.776 bits per heavy atom. The molecule has 0 aliphatic carbocycles. The van der Waals surface area contributed by atoms with Crippen molar-refractivity contribution in [3.05, 3.63) is 75.4 Å². The molecule has 4 N–H and O–H groups in total. The second kappa shape index (κ2) is 13.2. The molecule has 5 rings (SSSR count). The minimum atomic E-state index is -1.71. The van der Waals surface area contributed by atoms with Gasteiger partial charge < -0.3 is 40.0 Å². The molecule has 49 heavy (non-hydrogen) atoms. The van der Waals surface area contributed by atoms with Gasteiger partial charge in [-0.05, 0) is 87.6 Å². The van der Waals surface area contributed by atoms with Crippen molar-refractivity contribution in [2.24, 2.45) is 0 Å². The van der Waals surface area contributed by atoms with Crippen LogP contribution in [0.5, 0.6) is 0 Å². The molecule has 5 heterocycles. The number of aryl methyl sites for hydroxylation is 3. The topological polar surface area (TPSA) is 246 Å². The molecule has 0 spiro atoms. The molecule has 0 radical (unpaired) electrons. The van der Waals surface area contributed by atoms with Crippen LogP contribution in [-0.4, -0.2) is 65.6 Å². The number of H-pyrrole nitrogens is 2. The number of rotatable bonds is 9. The van der Waals surface area contributed by atoms with Crippen LogP contribution in [0.15, 0.2) is 30.3 Å². The molecule has 3 aromatic heterocycles. The molecule has 0 saturated carbocycles. The third-order valence-electron chi connectivity index (χ3n) is 9.00. The van der Waals surface area contributed by atoms with E-state index in [4.69, 9.17) is 0 Å². The van der Waals surface area contributed by atoms with Crippen molar-refractivity contribution in [3.8, 4) is 0 Å². The first-order valence-corrected chi connectivity index (χ1v) is 14.8. The number of aliphatic carboxylic acids is 4. The largest absolute Gasteiger partial charge is 2.00 e. The Hall–Kier alpha value is -5.40. The number of aromatic nitrogens is 4. The van der Waals surface area contributed by atoms with E-state index in [9.17, 15) is 49.2 Å². The fourth-order valence-corrected chi connectivity index (χ4v) is 6.25. The Balaban J connectivity index is 0.00000541. The van der Waals surface area contributed by atoms with E-state index in [2.05, 4.69) is 19.9 Å². The second-order valence-corrected chi connectivity index (χ2v) is 12.4. The third kappa shape index (κ3) is 6.67. The summed E-state index contributed by atoms with van der Waals surface area (Å²) in [6.45, 7) is 6.17. The van der Waals surface area contributed by atoms with Crippen LogP contribution >= 0.6 is 0 Å². The Morgan fingerprint density at radius 3 is 1.82 bits per heavy atom. The van der Waals surface area contributed by atoms with Crippen LogP contribution in [0.2, 0.25) is 0 Å². The van der Waals surface area contributed by atoms with Gasteiger partial charge in [0.25, 0.3) is 0 Å². The molecule has 0 fully saturated rings. The normalized spacial score (nSPS) is 18.8. The molecule has 0 unspecified atom stereocenters. The maximum Gasteiger partial charge on any atom is 2.00 e. The van der Waals surface area contributed by atoms with Gasteiger partial charge in [-0.2, -0.15) is 0 Å². The van der Waals surface area contributed by atoms with E-state index in [0.717, 1.165) is 6.08 Å². The summed E-state index contributed by atoms with van der Waals surface area (Å²) in [4.78, 5) is 89.7. The van der Waals surface area contributed by atoms with Crippen molar-refractivity contribution in [1.82, 2.24) is 19.9 Å². The van der Waals surface area contributed by atoms with Gasteiger partial charge >= 0.3 is 29.0 Å². The van der Waals surface area contributed by atoms with Gasteiger partial charge in [0, 0.05) is 33.6 Å². The van der Waals surface area contributed by atoms with E-state index in [1.54, 1.807) is 19.9 Å². The zero-order valence-corrected chi connectivity index (χ0v) is 27.8. The SMILES string of the molecule is Cc1c(/C=C/C(=O)[O-])c2cc3[nH]c(cc4nc(cc5nc(cc1[nH]2)[C@@](C)(CC(=O)O)C5=O)[C@@](C)(CC(=O)O)C4=O)c(C)c3CCC(=O)[O-].[Fe+2]. The molecule has 2 aliphatic heterocycles. The van der Waals surface area contributed by atoms with Crippen molar-refractivity contribution in [2.45, 2.75) is 64.2 Å². The molecule has 2 atom stereocenters. The summed E-state index contributed by atoms with van der Waals surface area (Å²) in [5, 5.41) is 42.3. The Labute approximate surface area is 288 Å². The minimum absolute atomic E-state index is 0. The van der Waals surface area contributed by atoms with Gasteiger partial charge in [0.2, 0.25) is 0 Å². The van der Waals surface area contributed by atoms with E-state index in [1.165, 1.54) is 38.1 Å². The standard InChI is InChI=1S/C34H32N4O10.Fe/c1-15-17(5-7-27(39)40)21-10-22-18(6-8-28(41)42)16(2)20(36-22)11-25-33(3,13-29(43)44)32(48)24(38-25)12-26-34(4,14-30(45)46)31(47)23(37-26)9-19(15)35-21;/h6,8-12,35-36H,5,7,13-14H2,1-4H3,(H,39,40)(H,41,42)(H,43,44)(H,45,46);/q;+2/p-2/b8-6+,19-9?,20-11?,21-10?,22-10?,23-9?,24-12?,25-11?,26-12?;/t33-,34-;/m1./s1. The first kappa shape index (κ1) is 36.4. The van der Waals surface area contributed by atoms with Crippen LogP contribution in [0, 0.1) is 13.8 Å². The van der Waals surface area contributed by atoms with Crippen molar-refractivity contribution >= 4 is 63.6 Å². The summed E-state index contributed by atoms with van der Waals surface area (Å²) < 4.78 is 0. The molecule has 2 aliphatic rings. The number of nitrogens with one attached hydrogen (secondary N) is 2. The van der Waals surface area contributed by atoms with Gasteiger partial charge in [-0.1, -0.05) is 6.08 Å². The molecular weight excluding hydrogens is 680 g/mol. The van der Waals surface area contributed by atoms with Crippen molar-refractivity contribution in [3.63, 3.8) is 0 Å². The van der Waals surface area contributed by atoms with Crippen molar-refractivity contribution in [2.75, 3.05) is 0 Å². The van der Waals surface area contributed by atoms with Gasteiger partial charge in [-0.15, -0.1) is 0 Å². The smallest absolute Gasteiger partial charge is 0.550 e. The molecule has 254 valence electrons. The molecule has 15 heteroatoms. The van der Waals surface area contributed by atoms with E-state index in [1.807, 2.05) is 0 Å². The number of carbonyl (C=O) groups excluding carboxylic acids is 4. The summed E-state index contributed by atoms with van der Waals surface area (Å²) in [5.41, 5.74) is -0.202. The number of nitrogens with zero attached hydrogens (tertiary/aromatic N) is 2. The van der Waals surface area contributed by atoms with Gasteiger partial charge in [0.15, 0.2) is 11.6 Å². The third-order valence-corrected chi connectivity index (χ3v) is 9.00. The number of Topliss-reactive ketones (excluding diaryl/α,β-unsaturated/α-hetero) is 2. The molecule has 0 saturated heterocycles. The van der Waals surface area contributed by atoms with E-state index < -0.39 is 59.1 Å². The predicted molar refractivity (Wildman–Crippen MR) is 166 cm³/mol. The van der Waals surface area contributed by atoms with Gasteiger partial charge in [0.05, 0.1) is 41.0 Å². The summed E-state index contributed by atoms with van der Waals surface area (Å²) in [6.07, 6.45) is 0.508. The van der Waals surface area contributed by atoms with Crippen molar-refractivity contribution in [1.29, 1.82) is 0 Å². The average molecular weight is 710 g/mol. The molecule has 8 bridgehead atoms. The summed E-state index contributed by atoms with van der Waals surface area (Å²) in [5.74, 6) is -6.67. The van der Waals surface area contributed by atoms with E-state index >= 15 is 0 Å². The summed E-state index contributed by atoms with van der Waals surface area (Å²) >= 11 is 0. The Morgan fingerprint density at radius 2 is 1.29 bits per heavy atom. The zero-order valence-electron chi connectivity index (χ0n) is 26.7. The predicted octanol–water partition coefficient (Wildman–Crippen LogP) is 1.61. The van der Waals surface area contributed by atoms with Gasteiger partial charge in [0.1, 0.15) is 11.4 Å². The molecular formula is C34H30FeN4O10. The van der Waals surface area contributed by atoms with E-state index in [0.29, 0.717) is 44.3 Å². The second-order valence-electron chi connectivity index (χ2n) is 12.4. The van der Waals surface area contributed by atoms with Crippen LogP contribution in [0.4, 0.5) is 0 Å². The molecule has 0 aromatic carbocycles.